The van der Waals surface area contributed by atoms with Gasteiger partial charge in [0.15, 0.2) is 0 Å². The van der Waals surface area contributed by atoms with Crippen LogP contribution in [-0.4, -0.2) is 11.9 Å². The largest absolute Gasteiger partial charge is 0.382 e. The molecule has 0 heterocycles. The molecule has 2 unspecified atom stereocenters. The van der Waals surface area contributed by atoms with E-state index in [0.717, 1.165) is 17.5 Å². The highest BCUT2D eigenvalue weighted by Crippen LogP contribution is 2.44. The molecule has 0 spiro atoms. The monoisotopic (exact) mass is 286 g/mol. The number of hydrogen-bond donors (Lipinski definition) is 2. The van der Waals surface area contributed by atoms with Gasteiger partial charge in [0.1, 0.15) is 0 Å². The van der Waals surface area contributed by atoms with Gasteiger partial charge in [-0.3, -0.25) is 4.79 Å². The number of carbonyl (C=O) groups is 1. The van der Waals surface area contributed by atoms with Crippen LogP contribution < -0.4 is 10.6 Å². The molecule has 2 N–H and O–H groups in total. The van der Waals surface area contributed by atoms with Gasteiger partial charge in [-0.25, -0.2) is 0 Å². The van der Waals surface area contributed by atoms with E-state index in [1.54, 1.807) is 0 Å². The zero-order valence-corrected chi connectivity index (χ0v) is 12.9. The Morgan fingerprint density at radius 1 is 1.05 bits per heavy atom. The first-order valence-electron chi connectivity index (χ1n) is 8.41. The van der Waals surface area contributed by atoms with E-state index < -0.39 is 0 Å². The molecule has 1 amide bonds. The van der Waals surface area contributed by atoms with Crippen molar-refractivity contribution < 1.29 is 4.79 Å². The van der Waals surface area contributed by atoms with Gasteiger partial charge in [0.05, 0.1) is 0 Å². The van der Waals surface area contributed by atoms with Crippen LogP contribution in [0.15, 0.2) is 24.3 Å². The van der Waals surface area contributed by atoms with Crippen LogP contribution in [0.5, 0.6) is 0 Å². The molecule has 0 aromatic heterocycles. The van der Waals surface area contributed by atoms with E-state index >= 15 is 0 Å². The van der Waals surface area contributed by atoms with Gasteiger partial charge in [-0.05, 0) is 61.8 Å². The van der Waals surface area contributed by atoms with Crippen LogP contribution in [0, 0.1) is 11.8 Å². The van der Waals surface area contributed by atoms with Crippen molar-refractivity contribution in [3.05, 3.63) is 24.3 Å². The number of amides is 1. The highest BCUT2D eigenvalue weighted by molar-refractivity contribution is 5.90. The molecular weight excluding hydrogens is 260 g/mol. The van der Waals surface area contributed by atoms with Crippen molar-refractivity contribution in [3.8, 4) is 0 Å². The van der Waals surface area contributed by atoms with Crippen molar-refractivity contribution in [2.45, 2.75) is 57.9 Å². The normalized spacial score (nSPS) is 25.4. The smallest absolute Gasteiger partial charge is 0.224 e. The fourth-order valence-corrected chi connectivity index (χ4v) is 3.49. The fraction of sp³-hybridized carbons (Fsp3) is 0.611. The molecule has 2 fully saturated rings. The Bertz CT molecular complexity index is 478. The van der Waals surface area contributed by atoms with Gasteiger partial charge in [0.2, 0.25) is 5.91 Å². The van der Waals surface area contributed by atoms with Crippen molar-refractivity contribution in [2.24, 2.45) is 11.8 Å². The predicted molar refractivity (Wildman–Crippen MR) is 87.5 cm³/mol. The molecule has 0 bridgehead atoms. The summed E-state index contributed by atoms with van der Waals surface area (Å²) in [6, 6.07) is 8.74. The first-order chi connectivity index (χ1) is 10.2. The fourth-order valence-electron chi connectivity index (χ4n) is 3.49. The Labute approximate surface area is 127 Å². The summed E-state index contributed by atoms with van der Waals surface area (Å²) in [5.41, 5.74) is 2.05. The third-order valence-corrected chi connectivity index (χ3v) is 4.86. The first-order valence-corrected chi connectivity index (χ1v) is 8.41. The van der Waals surface area contributed by atoms with E-state index in [2.05, 4.69) is 22.8 Å². The van der Waals surface area contributed by atoms with Gasteiger partial charge in [-0.2, -0.15) is 0 Å². The minimum Gasteiger partial charge on any atom is -0.382 e. The maximum absolute atomic E-state index is 11.4. The number of hydrogen-bond acceptors (Lipinski definition) is 2. The topological polar surface area (TPSA) is 41.1 Å². The summed E-state index contributed by atoms with van der Waals surface area (Å²) < 4.78 is 0. The lowest BCUT2D eigenvalue weighted by atomic mass is 9.82. The van der Waals surface area contributed by atoms with Gasteiger partial charge in [-0.1, -0.05) is 19.8 Å². The summed E-state index contributed by atoms with van der Waals surface area (Å²) in [7, 11) is 0. The molecule has 2 aliphatic rings. The standard InChI is InChI=1S/C18H26N2O/c1-2-18(21)20-16-10-8-15(9-11-16)19-17-5-3-4-14(12-17)13-6-7-13/h8-11,13-14,17,19H,2-7,12H2,1H3,(H,20,21). The SMILES string of the molecule is CCC(=O)Nc1ccc(NC2CCCC(C3CC3)C2)cc1. The molecule has 3 nitrogen and oxygen atoms in total. The van der Waals surface area contributed by atoms with Gasteiger partial charge in [-0.15, -0.1) is 0 Å². The van der Waals surface area contributed by atoms with Crippen LogP contribution in [0.25, 0.3) is 0 Å². The molecule has 3 heteroatoms. The molecule has 0 aliphatic heterocycles. The Morgan fingerprint density at radius 2 is 1.76 bits per heavy atom. The average Bonchev–Trinajstić information content (AvgIpc) is 3.34. The van der Waals surface area contributed by atoms with Crippen LogP contribution in [0.4, 0.5) is 11.4 Å². The lowest BCUT2D eigenvalue weighted by molar-refractivity contribution is -0.115. The second kappa shape index (κ2) is 6.50. The lowest BCUT2D eigenvalue weighted by Crippen LogP contribution is -2.28. The number of rotatable bonds is 5. The minimum atomic E-state index is 0.0651. The van der Waals surface area contributed by atoms with Crippen LogP contribution in [0.3, 0.4) is 0 Å². The third-order valence-electron chi connectivity index (χ3n) is 4.86. The van der Waals surface area contributed by atoms with Crippen LogP contribution in [-0.2, 0) is 4.79 Å². The maximum Gasteiger partial charge on any atom is 0.224 e. The highest BCUT2D eigenvalue weighted by atomic mass is 16.1. The van der Waals surface area contributed by atoms with Crippen LogP contribution >= 0.6 is 0 Å². The Morgan fingerprint density at radius 3 is 2.43 bits per heavy atom. The Kier molecular flexibility index (Phi) is 4.47. The van der Waals surface area contributed by atoms with Crippen molar-refractivity contribution in [1.82, 2.24) is 0 Å². The molecule has 2 aliphatic carbocycles. The molecular formula is C18H26N2O. The summed E-state index contributed by atoms with van der Waals surface area (Å²) in [6.07, 6.45) is 8.86. The van der Waals surface area contributed by atoms with E-state index in [9.17, 15) is 4.79 Å². The minimum absolute atomic E-state index is 0.0651. The molecule has 1 aromatic rings. The van der Waals surface area contributed by atoms with Gasteiger partial charge in [0.25, 0.3) is 0 Å². The summed E-state index contributed by atoms with van der Waals surface area (Å²) in [5.74, 6) is 2.05. The number of benzene rings is 1. The number of nitrogens with one attached hydrogen (secondary N) is 2. The maximum atomic E-state index is 11.4. The quantitative estimate of drug-likeness (QED) is 0.841. The van der Waals surface area contributed by atoms with Crippen LogP contribution in [0.1, 0.15) is 51.9 Å². The van der Waals surface area contributed by atoms with Crippen molar-refractivity contribution in [3.63, 3.8) is 0 Å². The third kappa shape index (κ3) is 3.99. The molecule has 2 saturated carbocycles. The Balaban J connectivity index is 1.53. The van der Waals surface area contributed by atoms with Gasteiger partial charge in [0, 0.05) is 23.8 Å². The molecule has 1 aromatic carbocycles. The van der Waals surface area contributed by atoms with Crippen molar-refractivity contribution in [1.29, 1.82) is 0 Å². The molecule has 21 heavy (non-hydrogen) atoms. The van der Waals surface area contributed by atoms with E-state index in [0.29, 0.717) is 12.5 Å². The van der Waals surface area contributed by atoms with Crippen molar-refractivity contribution in [2.75, 3.05) is 10.6 Å². The predicted octanol–water partition coefficient (Wildman–Crippen LogP) is 4.42. The molecule has 2 atom stereocenters. The molecule has 3 rings (SSSR count). The van der Waals surface area contributed by atoms with Crippen LogP contribution in [0.2, 0.25) is 0 Å². The summed E-state index contributed by atoms with van der Waals surface area (Å²) in [5, 5.41) is 6.56. The van der Waals surface area contributed by atoms with E-state index in [4.69, 9.17) is 0 Å². The first kappa shape index (κ1) is 14.4. The molecule has 114 valence electrons. The number of anilines is 2. The van der Waals surface area contributed by atoms with Gasteiger partial charge < -0.3 is 10.6 Å². The van der Waals surface area contributed by atoms with Crippen molar-refractivity contribution >= 4 is 17.3 Å². The van der Waals surface area contributed by atoms with E-state index in [1.165, 1.54) is 44.2 Å². The van der Waals surface area contributed by atoms with E-state index in [1.807, 2.05) is 19.1 Å². The second-order valence-corrected chi connectivity index (χ2v) is 6.58. The lowest BCUT2D eigenvalue weighted by Gasteiger charge is -2.30. The highest BCUT2D eigenvalue weighted by Gasteiger charge is 2.34. The Hall–Kier alpha value is -1.51. The summed E-state index contributed by atoms with van der Waals surface area (Å²) in [6.45, 7) is 1.87. The zero-order valence-electron chi connectivity index (χ0n) is 12.9. The number of carbonyl (C=O) groups excluding carboxylic acids is 1. The second-order valence-electron chi connectivity index (χ2n) is 6.58. The summed E-state index contributed by atoms with van der Waals surface area (Å²) >= 11 is 0. The molecule has 0 saturated heterocycles. The van der Waals surface area contributed by atoms with Gasteiger partial charge >= 0.3 is 0 Å². The zero-order chi connectivity index (χ0) is 14.7. The summed E-state index contributed by atoms with van der Waals surface area (Å²) in [4.78, 5) is 11.4. The van der Waals surface area contributed by atoms with E-state index in [-0.39, 0.29) is 5.91 Å². The average molecular weight is 286 g/mol. The molecule has 0 radical (unpaired) electrons.